The molecule has 0 fully saturated rings. The zero-order valence-electron chi connectivity index (χ0n) is 12.0. The summed E-state index contributed by atoms with van der Waals surface area (Å²) >= 11 is 0. The molecule has 0 bridgehead atoms. The molecule has 0 aromatic heterocycles. The highest BCUT2D eigenvalue weighted by Gasteiger charge is 2.08. The number of Topliss-reactive ketones (excluding diaryl/α,β-unsaturated/α-hetero) is 1. The van der Waals surface area contributed by atoms with Gasteiger partial charge in [0.15, 0.2) is 0 Å². The lowest BCUT2D eigenvalue weighted by Crippen LogP contribution is -2.07. The van der Waals surface area contributed by atoms with E-state index in [0.29, 0.717) is 12.2 Å². The molecule has 0 atom stereocenters. The van der Waals surface area contributed by atoms with Crippen molar-refractivity contribution in [1.82, 2.24) is 0 Å². The van der Waals surface area contributed by atoms with E-state index >= 15 is 0 Å². The summed E-state index contributed by atoms with van der Waals surface area (Å²) in [5.41, 5.74) is 2.67. The van der Waals surface area contributed by atoms with Gasteiger partial charge in [-0.2, -0.15) is 0 Å². The minimum atomic E-state index is 0.159. The van der Waals surface area contributed by atoms with Crippen LogP contribution in [0.25, 0.3) is 0 Å². The number of aryl methyl sites for hydroxylation is 2. The van der Waals surface area contributed by atoms with Gasteiger partial charge in [-0.15, -0.1) is 0 Å². The molecular weight excluding hydrogens is 224 g/mol. The Balaban J connectivity index is 2.59. The minimum Gasteiger partial charge on any atom is -0.497 e. The highest BCUT2D eigenvalue weighted by atomic mass is 16.5. The predicted octanol–water partition coefficient (Wildman–Crippen LogP) is 3.81. The molecule has 2 nitrogen and oxygen atoms in total. The number of ether oxygens (including phenoxy) is 1. The van der Waals surface area contributed by atoms with Gasteiger partial charge >= 0.3 is 0 Å². The highest BCUT2D eigenvalue weighted by molar-refractivity contribution is 5.80. The molecule has 0 aliphatic carbocycles. The van der Waals surface area contributed by atoms with Crippen molar-refractivity contribution in [2.75, 3.05) is 7.11 Å². The Morgan fingerprint density at radius 2 is 2.00 bits per heavy atom. The zero-order chi connectivity index (χ0) is 13.5. The molecule has 0 N–H and O–H groups in total. The van der Waals surface area contributed by atoms with Gasteiger partial charge in [-0.05, 0) is 42.5 Å². The third-order valence-electron chi connectivity index (χ3n) is 3.31. The van der Waals surface area contributed by atoms with Crippen LogP contribution in [0.4, 0.5) is 0 Å². The van der Waals surface area contributed by atoms with Crippen LogP contribution in [0.15, 0.2) is 18.2 Å². The van der Waals surface area contributed by atoms with Crippen LogP contribution < -0.4 is 4.74 Å². The topological polar surface area (TPSA) is 26.3 Å². The Bertz CT molecular complexity index is 394. The number of rotatable bonds is 7. The van der Waals surface area contributed by atoms with E-state index in [0.717, 1.165) is 25.0 Å². The van der Waals surface area contributed by atoms with Crippen LogP contribution >= 0.6 is 0 Å². The normalized spacial score (nSPS) is 10.7. The molecule has 0 saturated heterocycles. The van der Waals surface area contributed by atoms with E-state index in [2.05, 4.69) is 19.1 Å². The molecule has 0 spiro atoms. The van der Waals surface area contributed by atoms with Crippen molar-refractivity contribution < 1.29 is 9.53 Å². The molecule has 18 heavy (non-hydrogen) atoms. The van der Waals surface area contributed by atoms with Crippen LogP contribution in [0.1, 0.15) is 44.7 Å². The maximum absolute atomic E-state index is 11.6. The van der Waals surface area contributed by atoms with E-state index in [1.807, 2.05) is 19.9 Å². The first-order valence-electron chi connectivity index (χ1n) is 6.77. The molecule has 0 unspecified atom stereocenters. The van der Waals surface area contributed by atoms with Crippen LogP contribution in [-0.4, -0.2) is 12.9 Å². The fraction of sp³-hybridized carbons (Fsp3) is 0.562. The number of ketones is 1. The van der Waals surface area contributed by atoms with Gasteiger partial charge in [0, 0.05) is 12.3 Å². The minimum absolute atomic E-state index is 0.159. The van der Waals surface area contributed by atoms with Gasteiger partial charge in [-0.25, -0.2) is 0 Å². The predicted molar refractivity (Wildman–Crippen MR) is 75.2 cm³/mol. The SMILES string of the molecule is CCc1cc(OC)ccc1CCCC(=O)C(C)C. The summed E-state index contributed by atoms with van der Waals surface area (Å²) in [4.78, 5) is 11.6. The van der Waals surface area contributed by atoms with E-state index in [4.69, 9.17) is 4.74 Å². The lowest BCUT2D eigenvalue weighted by molar-refractivity contribution is -0.121. The molecule has 2 heteroatoms. The van der Waals surface area contributed by atoms with Crippen molar-refractivity contribution in [3.8, 4) is 5.75 Å². The van der Waals surface area contributed by atoms with E-state index in [-0.39, 0.29) is 5.92 Å². The van der Waals surface area contributed by atoms with Crippen molar-refractivity contribution in [2.45, 2.75) is 46.5 Å². The summed E-state index contributed by atoms with van der Waals surface area (Å²) in [6, 6.07) is 6.22. The largest absolute Gasteiger partial charge is 0.497 e. The molecule has 1 aromatic carbocycles. The molecule has 0 heterocycles. The number of benzene rings is 1. The van der Waals surface area contributed by atoms with E-state index in [9.17, 15) is 4.79 Å². The Labute approximate surface area is 110 Å². The summed E-state index contributed by atoms with van der Waals surface area (Å²) in [5, 5.41) is 0. The second-order valence-corrected chi connectivity index (χ2v) is 4.96. The van der Waals surface area contributed by atoms with Gasteiger partial charge in [0.2, 0.25) is 0 Å². The molecule has 0 saturated carbocycles. The van der Waals surface area contributed by atoms with E-state index in [1.165, 1.54) is 11.1 Å². The van der Waals surface area contributed by atoms with Crippen LogP contribution in [-0.2, 0) is 17.6 Å². The van der Waals surface area contributed by atoms with Crippen molar-refractivity contribution in [1.29, 1.82) is 0 Å². The molecule has 1 aromatic rings. The van der Waals surface area contributed by atoms with Crippen LogP contribution in [0.3, 0.4) is 0 Å². The van der Waals surface area contributed by atoms with Crippen molar-refractivity contribution in [3.05, 3.63) is 29.3 Å². The summed E-state index contributed by atoms with van der Waals surface area (Å²) in [5.74, 6) is 1.43. The summed E-state index contributed by atoms with van der Waals surface area (Å²) < 4.78 is 5.23. The number of carbonyl (C=O) groups is 1. The third-order valence-corrected chi connectivity index (χ3v) is 3.31. The Morgan fingerprint density at radius 3 is 2.56 bits per heavy atom. The number of carbonyl (C=O) groups excluding carboxylic acids is 1. The number of hydrogen-bond acceptors (Lipinski definition) is 2. The molecule has 100 valence electrons. The summed E-state index contributed by atoms with van der Waals surface area (Å²) in [7, 11) is 1.69. The monoisotopic (exact) mass is 248 g/mol. The fourth-order valence-electron chi connectivity index (χ4n) is 2.04. The first kappa shape index (κ1) is 14.7. The first-order valence-corrected chi connectivity index (χ1v) is 6.77. The van der Waals surface area contributed by atoms with Crippen molar-refractivity contribution >= 4 is 5.78 Å². The maximum Gasteiger partial charge on any atom is 0.135 e. The number of methoxy groups -OCH3 is 1. The van der Waals surface area contributed by atoms with Gasteiger partial charge in [-0.3, -0.25) is 4.79 Å². The van der Waals surface area contributed by atoms with Crippen LogP contribution in [0, 0.1) is 5.92 Å². The smallest absolute Gasteiger partial charge is 0.135 e. The average Bonchev–Trinajstić information content (AvgIpc) is 2.38. The van der Waals surface area contributed by atoms with Crippen LogP contribution in [0.2, 0.25) is 0 Å². The fourth-order valence-corrected chi connectivity index (χ4v) is 2.04. The molecule has 0 aliphatic heterocycles. The van der Waals surface area contributed by atoms with Gasteiger partial charge in [0.05, 0.1) is 7.11 Å². The lowest BCUT2D eigenvalue weighted by Gasteiger charge is -2.10. The Kier molecular flexibility index (Phi) is 5.90. The average molecular weight is 248 g/mol. The van der Waals surface area contributed by atoms with Gasteiger partial charge < -0.3 is 4.74 Å². The molecular formula is C16H24O2. The zero-order valence-corrected chi connectivity index (χ0v) is 12.0. The standard InChI is InChI=1S/C16H24O2/c1-5-13-11-15(18-4)10-9-14(13)7-6-8-16(17)12(2)3/h9-12H,5-8H2,1-4H3. The lowest BCUT2D eigenvalue weighted by atomic mass is 9.97. The van der Waals surface area contributed by atoms with Gasteiger partial charge in [0.1, 0.15) is 11.5 Å². The number of hydrogen-bond donors (Lipinski definition) is 0. The van der Waals surface area contributed by atoms with Crippen molar-refractivity contribution in [3.63, 3.8) is 0 Å². The maximum atomic E-state index is 11.6. The van der Waals surface area contributed by atoms with Gasteiger partial charge in [-0.1, -0.05) is 26.8 Å². The Morgan fingerprint density at radius 1 is 1.28 bits per heavy atom. The molecule has 0 aliphatic rings. The second kappa shape index (κ2) is 7.20. The van der Waals surface area contributed by atoms with E-state index < -0.39 is 0 Å². The van der Waals surface area contributed by atoms with E-state index in [1.54, 1.807) is 7.11 Å². The second-order valence-electron chi connectivity index (χ2n) is 4.96. The van der Waals surface area contributed by atoms with Crippen molar-refractivity contribution in [2.24, 2.45) is 5.92 Å². The summed E-state index contributed by atoms with van der Waals surface area (Å²) in [6.45, 7) is 6.08. The summed E-state index contributed by atoms with van der Waals surface area (Å²) in [6.07, 6.45) is 3.61. The first-order chi connectivity index (χ1) is 8.58. The molecule has 0 radical (unpaired) electrons. The van der Waals surface area contributed by atoms with Gasteiger partial charge in [0.25, 0.3) is 0 Å². The highest BCUT2D eigenvalue weighted by Crippen LogP contribution is 2.20. The molecule has 0 amide bonds. The quantitative estimate of drug-likeness (QED) is 0.733. The third kappa shape index (κ3) is 4.17. The molecule has 1 rings (SSSR count). The van der Waals surface area contributed by atoms with Crippen LogP contribution in [0.5, 0.6) is 5.75 Å². The Hall–Kier alpha value is -1.31.